The van der Waals surface area contributed by atoms with Crippen LogP contribution in [0, 0.1) is 0 Å². The minimum atomic E-state index is -1.58. The monoisotopic (exact) mass is 241 g/mol. The molecule has 7 nitrogen and oxygen atoms in total. The predicted octanol–water partition coefficient (Wildman–Crippen LogP) is -1.46. The lowest BCUT2D eigenvalue weighted by Crippen LogP contribution is -2.53. The SMILES string of the molecule is COC(=O)C1=NO[C@@]2(C=CC(=O)[C@@H](O)[C@H]2O)C1. The summed E-state index contributed by atoms with van der Waals surface area (Å²) in [5.41, 5.74) is -1.37. The van der Waals surface area contributed by atoms with Gasteiger partial charge in [0, 0.05) is 6.42 Å². The third-order valence-corrected chi connectivity index (χ3v) is 2.81. The molecule has 17 heavy (non-hydrogen) atoms. The van der Waals surface area contributed by atoms with Gasteiger partial charge in [-0.05, 0) is 12.2 Å². The highest BCUT2D eigenvalue weighted by molar-refractivity contribution is 6.37. The van der Waals surface area contributed by atoms with Gasteiger partial charge in [0.2, 0.25) is 0 Å². The van der Waals surface area contributed by atoms with Gasteiger partial charge < -0.3 is 19.8 Å². The van der Waals surface area contributed by atoms with Crippen LogP contribution in [0.15, 0.2) is 17.3 Å². The number of aliphatic hydroxyl groups excluding tert-OH is 2. The van der Waals surface area contributed by atoms with Crippen LogP contribution in [0.3, 0.4) is 0 Å². The highest BCUT2D eigenvalue weighted by Gasteiger charge is 2.52. The number of ether oxygens (including phenoxy) is 1. The summed E-state index contributed by atoms with van der Waals surface area (Å²) in [6, 6.07) is 0. The number of ketones is 1. The minimum absolute atomic E-state index is 0.00208. The Morgan fingerprint density at radius 1 is 1.65 bits per heavy atom. The van der Waals surface area contributed by atoms with Crippen molar-refractivity contribution < 1.29 is 29.4 Å². The Morgan fingerprint density at radius 2 is 2.35 bits per heavy atom. The zero-order valence-corrected chi connectivity index (χ0v) is 8.99. The number of oxime groups is 1. The lowest BCUT2D eigenvalue weighted by Gasteiger charge is -2.33. The van der Waals surface area contributed by atoms with Crippen molar-refractivity contribution in [1.29, 1.82) is 0 Å². The maximum Gasteiger partial charge on any atom is 0.356 e. The molecule has 92 valence electrons. The summed E-state index contributed by atoms with van der Waals surface area (Å²) in [5.74, 6) is -1.29. The Bertz CT molecular complexity index is 429. The summed E-state index contributed by atoms with van der Waals surface area (Å²) in [4.78, 5) is 27.3. The lowest BCUT2D eigenvalue weighted by molar-refractivity contribution is -0.149. The lowest BCUT2D eigenvalue weighted by atomic mass is 9.82. The molecule has 0 bridgehead atoms. The highest BCUT2D eigenvalue weighted by Crippen LogP contribution is 2.34. The fraction of sp³-hybridized carbons (Fsp3) is 0.500. The van der Waals surface area contributed by atoms with Crippen LogP contribution in [0.2, 0.25) is 0 Å². The molecule has 0 radical (unpaired) electrons. The van der Waals surface area contributed by atoms with Crippen LogP contribution < -0.4 is 0 Å². The first kappa shape index (κ1) is 11.7. The number of carbonyl (C=O) groups excluding carboxylic acids is 2. The molecule has 2 N–H and O–H groups in total. The smallest absolute Gasteiger partial charge is 0.356 e. The van der Waals surface area contributed by atoms with Crippen molar-refractivity contribution in [3.8, 4) is 0 Å². The van der Waals surface area contributed by atoms with Crippen molar-refractivity contribution in [2.75, 3.05) is 7.11 Å². The number of hydrogen-bond donors (Lipinski definition) is 2. The fourth-order valence-corrected chi connectivity index (χ4v) is 1.78. The molecule has 7 heteroatoms. The molecule has 0 saturated heterocycles. The van der Waals surface area contributed by atoms with Gasteiger partial charge in [0.05, 0.1) is 7.11 Å². The summed E-state index contributed by atoms with van der Waals surface area (Å²) in [7, 11) is 1.20. The van der Waals surface area contributed by atoms with Gasteiger partial charge in [-0.2, -0.15) is 0 Å². The first-order valence-corrected chi connectivity index (χ1v) is 4.93. The second kappa shape index (κ2) is 3.94. The van der Waals surface area contributed by atoms with E-state index in [2.05, 4.69) is 9.89 Å². The molecule has 0 aromatic heterocycles. The largest absolute Gasteiger partial charge is 0.464 e. The number of esters is 1. The van der Waals surface area contributed by atoms with E-state index in [0.29, 0.717) is 0 Å². The van der Waals surface area contributed by atoms with E-state index in [4.69, 9.17) is 4.84 Å². The van der Waals surface area contributed by atoms with E-state index in [9.17, 15) is 19.8 Å². The van der Waals surface area contributed by atoms with E-state index < -0.39 is 29.6 Å². The first-order chi connectivity index (χ1) is 8.00. The van der Waals surface area contributed by atoms with Crippen LogP contribution in [0.5, 0.6) is 0 Å². The molecule has 3 atom stereocenters. The molecule has 1 heterocycles. The van der Waals surface area contributed by atoms with Crippen molar-refractivity contribution in [1.82, 2.24) is 0 Å². The molecule has 1 aliphatic carbocycles. The number of carbonyl (C=O) groups is 2. The molecule has 2 aliphatic rings. The van der Waals surface area contributed by atoms with Crippen LogP contribution in [0.4, 0.5) is 0 Å². The average Bonchev–Trinajstić information content (AvgIpc) is 2.77. The van der Waals surface area contributed by atoms with E-state index in [1.54, 1.807) is 0 Å². The second-order valence-corrected chi connectivity index (χ2v) is 3.88. The first-order valence-electron chi connectivity index (χ1n) is 4.93. The van der Waals surface area contributed by atoms with Gasteiger partial charge in [-0.3, -0.25) is 4.79 Å². The molecule has 1 aliphatic heterocycles. The minimum Gasteiger partial charge on any atom is -0.464 e. The van der Waals surface area contributed by atoms with Crippen molar-refractivity contribution in [2.24, 2.45) is 5.16 Å². The highest BCUT2D eigenvalue weighted by atomic mass is 16.7. The Kier molecular flexibility index (Phi) is 2.72. The summed E-state index contributed by atoms with van der Waals surface area (Å²) in [6.07, 6.45) is -0.695. The Hall–Kier alpha value is -1.73. The second-order valence-electron chi connectivity index (χ2n) is 3.88. The van der Waals surface area contributed by atoms with Gasteiger partial charge in [-0.15, -0.1) is 0 Å². The molecular formula is C10H11NO6. The molecule has 0 amide bonds. The summed E-state index contributed by atoms with van der Waals surface area (Å²) in [6.45, 7) is 0. The molecule has 0 saturated carbocycles. The normalized spacial score (nSPS) is 35.7. The number of hydrogen-bond acceptors (Lipinski definition) is 7. The standard InChI is InChI=1S/C10H11NO6/c1-16-9(15)5-4-10(17-11-5)3-2-6(12)7(13)8(10)14/h2-3,7-8,13-14H,4H2,1H3/t7-,8-,10+/m1/s1. The molecule has 2 rings (SSSR count). The third-order valence-electron chi connectivity index (χ3n) is 2.81. The van der Waals surface area contributed by atoms with Gasteiger partial charge in [-0.1, -0.05) is 5.16 Å². The molecule has 0 aromatic carbocycles. The van der Waals surface area contributed by atoms with Gasteiger partial charge >= 0.3 is 5.97 Å². The molecular weight excluding hydrogens is 230 g/mol. The van der Waals surface area contributed by atoms with E-state index >= 15 is 0 Å². The number of rotatable bonds is 1. The van der Waals surface area contributed by atoms with E-state index in [1.165, 1.54) is 13.2 Å². The van der Waals surface area contributed by atoms with Crippen molar-refractivity contribution in [2.45, 2.75) is 24.2 Å². The summed E-state index contributed by atoms with van der Waals surface area (Å²) in [5, 5.41) is 22.8. The van der Waals surface area contributed by atoms with Gasteiger partial charge in [0.25, 0.3) is 0 Å². The van der Waals surface area contributed by atoms with Crippen LogP contribution in [-0.2, 0) is 19.2 Å². The molecule has 0 aromatic rings. The Balaban J connectivity index is 2.22. The average molecular weight is 241 g/mol. The fourth-order valence-electron chi connectivity index (χ4n) is 1.78. The zero-order chi connectivity index (χ0) is 12.6. The van der Waals surface area contributed by atoms with E-state index in [-0.39, 0.29) is 12.1 Å². The van der Waals surface area contributed by atoms with Gasteiger partial charge in [-0.25, -0.2) is 4.79 Å². The van der Waals surface area contributed by atoms with E-state index in [0.717, 1.165) is 6.08 Å². The third kappa shape index (κ3) is 1.73. The van der Waals surface area contributed by atoms with Crippen LogP contribution in [0.1, 0.15) is 6.42 Å². The number of nitrogens with zero attached hydrogens (tertiary/aromatic N) is 1. The topological polar surface area (TPSA) is 105 Å². The Morgan fingerprint density at radius 3 is 3.00 bits per heavy atom. The Labute approximate surface area is 96.3 Å². The van der Waals surface area contributed by atoms with Crippen molar-refractivity contribution in [3.05, 3.63) is 12.2 Å². The summed E-state index contributed by atoms with van der Waals surface area (Å²) < 4.78 is 4.47. The van der Waals surface area contributed by atoms with Crippen LogP contribution in [0.25, 0.3) is 0 Å². The van der Waals surface area contributed by atoms with Gasteiger partial charge in [0.1, 0.15) is 12.2 Å². The van der Waals surface area contributed by atoms with Gasteiger partial charge in [0.15, 0.2) is 17.1 Å². The molecule has 0 unspecified atom stereocenters. The zero-order valence-electron chi connectivity index (χ0n) is 8.99. The number of methoxy groups -OCH3 is 1. The number of aliphatic hydroxyl groups is 2. The maximum atomic E-state index is 11.2. The van der Waals surface area contributed by atoms with Crippen LogP contribution >= 0.6 is 0 Å². The quantitative estimate of drug-likeness (QED) is 0.543. The van der Waals surface area contributed by atoms with Crippen molar-refractivity contribution >= 4 is 17.5 Å². The summed E-state index contributed by atoms with van der Waals surface area (Å²) >= 11 is 0. The van der Waals surface area contributed by atoms with E-state index in [1.807, 2.05) is 0 Å². The van der Waals surface area contributed by atoms with Crippen molar-refractivity contribution in [3.63, 3.8) is 0 Å². The molecule has 0 fully saturated rings. The maximum absolute atomic E-state index is 11.2. The van der Waals surface area contributed by atoms with Crippen LogP contribution in [-0.4, -0.2) is 52.6 Å². The predicted molar refractivity (Wildman–Crippen MR) is 54.0 cm³/mol. The molecule has 1 spiro atoms.